The molecule has 1 aliphatic heterocycles. The van der Waals surface area contributed by atoms with Gasteiger partial charge in [-0.25, -0.2) is 4.98 Å². The summed E-state index contributed by atoms with van der Waals surface area (Å²) in [5.74, 6) is 3.02. The van der Waals surface area contributed by atoms with Crippen molar-refractivity contribution >= 4 is 11.0 Å². The largest absolute Gasteiger partial charge is 0.497 e. The van der Waals surface area contributed by atoms with Crippen LogP contribution in [0.25, 0.3) is 22.4 Å². The summed E-state index contributed by atoms with van der Waals surface area (Å²) in [4.78, 5) is 4.74. The van der Waals surface area contributed by atoms with Gasteiger partial charge in [-0.2, -0.15) is 0 Å². The second kappa shape index (κ2) is 6.05. The summed E-state index contributed by atoms with van der Waals surface area (Å²) in [5.41, 5.74) is 2.69. The van der Waals surface area contributed by atoms with E-state index in [0.717, 1.165) is 28.2 Å². The predicted octanol–water partition coefficient (Wildman–Crippen LogP) is 2.48. The van der Waals surface area contributed by atoms with Gasteiger partial charge in [0.15, 0.2) is 11.5 Å². The maximum Gasteiger partial charge on any atom is 0.163 e. The Morgan fingerprint density at radius 2 is 1.83 bits per heavy atom. The lowest BCUT2D eigenvalue weighted by Gasteiger charge is -2.18. The Labute approximate surface area is 139 Å². The third-order valence-electron chi connectivity index (χ3n) is 4.08. The van der Waals surface area contributed by atoms with Crippen molar-refractivity contribution in [1.29, 1.82) is 0 Å². The first kappa shape index (κ1) is 14.8. The van der Waals surface area contributed by atoms with Crippen LogP contribution in [0.2, 0.25) is 0 Å². The van der Waals surface area contributed by atoms with E-state index in [9.17, 15) is 5.11 Å². The van der Waals surface area contributed by atoms with Gasteiger partial charge >= 0.3 is 0 Å². The number of rotatable bonds is 4. The SMILES string of the molecule is COc1ccc(-c2nc3cc4c(cc3n2CCO)OCCO4)cc1. The Morgan fingerprint density at radius 1 is 1.12 bits per heavy atom. The van der Waals surface area contributed by atoms with Gasteiger partial charge in [-0.05, 0) is 24.3 Å². The van der Waals surface area contributed by atoms with Gasteiger partial charge in [-0.15, -0.1) is 0 Å². The Kier molecular flexibility index (Phi) is 3.74. The minimum Gasteiger partial charge on any atom is -0.497 e. The van der Waals surface area contributed by atoms with Crippen molar-refractivity contribution in [2.45, 2.75) is 6.54 Å². The van der Waals surface area contributed by atoms with Crippen LogP contribution in [0.4, 0.5) is 0 Å². The molecule has 0 radical (unpaired) electrons. The van der Waals surface area contributed by atoms with Crippen molar-refractivity contribution in [2.24, 2.45) is 0 Å². The van der Waals surface area contributed by atoms with Crippen LogP contribution in [0.5, 0.6) is 17.2 Å². The van der Waals surface area contributed by atoms with E-state index < -0.39 is 0 Å². The Morgan fingerprint density at radius 3 is 2.50 bits per heavy atom. The van der Waals surface area contributed by atoms with E-state index in [4.69, 9.17) is 19.2 Å². The van der Waals surface area contributed by atoms with Crippen molar-refractivity contribution in [3.8, 4) is 28.6 Å². The summed E-state index contributed by atoms with van der Waals surface area (Å²) in [6.45, 7) is 1.57. The fourth-order valence-corrected chi connectivity index (χ4v) is 2.95. The minimum absolute atomic E-state index is 0.0308. The number of hydrogen-bond acceptors (Lipinski definition) is 5. The molecule has 2 heterocycles. The second-order valence-electron chi connectivity index (χ2n) is 5.52. The molecule has 0 unspecified atom stereocenters. The molecule has 0 saturated heterocycles. The zero-order valence-electron chi connectivity index (χ0n) is 13.4. The first-order valence-corrected chi connectivity index (χ1v) is 7.85. The summed E-state index contributed by atoms with van der Waals surface area (Å²) in [6.07, 6.45) is 0. The maximum atomic E-state index is 9.46. The molecular formula is C18H18N2O4. The van der Waals surface area contributed by atoms with Gasteiger partial charge in [-0.1, -0.05) is 0 Å². The van der Waals surface area contributed by atoms with E-state index in [0.29, 0.717) is 31.3 Å². The lowest BCUT2D eigenvalue weighted by Crippen LogP contribution is -2.15. The lowest BCUT2D eigenvalue weighted by atomic mass is 10.2. The topological polar surface area (TPSA) is 65.7 Å². The lowest BCUT2D eigenvalue weighted by molar-refractivity contribution is 0.172. The Balaban J connectivity index is 1.88. The monoisotopic (exact) mass is 326 g/mol. The smallest absolute Gasteiger partial charge is 0.163 e. The molecule has 2 aromatic carbocycles. The molecule has 0 fully saturated rings. The van der Waals surface area contributed by atoms with Crippen LogP contribution >= 0.6 is 0 Å². The standard InChI is InChI=1S/C18H18N2O4/c1-22-13-4-2-12(3-5-13)18-19-14-10-16-17(24-9-8-23-16)11-15(14)20(18)6-7-21/h2-5,10-11,21H,6-9H2,1H3. The Hall–Kier alpha value is -2.73. The van der Waals surface area contributed by atoms with Crippen molar-refractivity contribution in [2.75, 3.05) is 26.9 Å². The highest BCUT2D eigenvalue weighted by Gasteiger charge is 2.18. The number of fused-ring (bicyclic) bond motifs is 2. The predicted molar refractivity (Wildman–Crippen MR) is 89.8 cm³/mol. The molecule has 0 bridgehead atoms. The van der Waals surface area contributed by atoms with E-state index in [1.165, 1.54) is 0 Å². The molecule has 3 aromatic rings. The summed E-state index contributed by atoms with van der Waals surface area (Å²) in [5, 5.41) is 9.46. The van der Waals surface area contributed by atoms with Crippen molar-refractivity contribution < 1.29 is 19.3 Å². The maximum absolute atomic E-state index is 9.46. The van der Waals surface area contributed by atoms with E-state index in [2.05, 4.69) is 0 Å². The van der Waals surface area contributed by atoms with Crippen LogP contribution < -0.4 is 14.2 Å². The highest BCUT2D eigenvalue weighted by Crippen LogP contribution is 2.36. The van der Waals surface area contributed by atoms with E-state index in [1.54, 1.807) is 7.11 Å². The van der Waals surface area contributed by atoms with Gasteiger partial charge in [0.2, 0.25) is 0 Å². The number of nitrogens with zero attached hydrogens (tertiary/aromatic N) is 2. The van der Waals surface area contributed by atoms with Gasteiger partial charge in [-0.3, -0.25) is 0 Å². The highest BCUT2D eigenvalue weighted by atomic mass is 16.6. The van der Waals surface area contributed by atoms with Crippen LogP contribution in [0.15, 0.2) is 36.4 Å². The molecule has 24 heavy (non-hydrogen) atoms. The fourth-order valence-electron chi connectivity index (χ4n) is 2.95. The van der Waals surface area contributed by atoms with Gasteiger partial charge in [0.1, 0.15) is 24.8 Å². The molecule has 0 aliphatic carbocycles. The van der Waals surface area contributed by atoms with Crippen LogP contribution in [-0.4, -0.2) is 41.6 Å². The zero-order valence-corrected chi connectivity index (χ0v) is 13.4. The van der Waals surface area contributed by atoms with Crippen LogP contribution in [0.3, 0.4) is 0 Å². The van der Waals surface area contributed by atoms with Crippen LogP contribution in [-0.2, 0) is 6.54 Å². The van der Waals surface area contributed by atoms with Crippen molar-refractivity contribution in [3.63, 3.8) is 0 Å². The minimum atomic E-state index is 0.0308. The van der Waals surface area contributed by atoms with Crippen LogP contribution in [0.1, 0.15) is 0 Å². The average molecular weight is 326 g/mol. The molecule has 124 valence electrons. The van der Waals surface area contributed by atoms with Gasteiger partial charge in [0.25, 0.3) is 0 Å². The molecule has 1 aliphatic rings. The molecule has 0 spiro atoms. The van der Waals surface area contributed by atoms with E-state index in [-0.39, 0.29) is 6.61 Å². The molecule has 0 saturated carbocycles. The highest BCUT2D eigenvalue weighted by molar-refractivity contribution is 5.84. The number of imidazole rings is 1. The fraction of sp³-hybridized carbons (Fsp3) is 0.278. The number of benzene rings is 2. The molecule has 0 atom stereocenters. The van der Waals surface area contributed by atoms with Crippen molar-refractivity contribution in [1.82, 2.24) is 9.55 Å². The summed E-state index contributed by atoms with van der Waals surface area (Å²) in [6, 6.07) is 11.5. The number of aliphatic hydroxyl groups is 1. The second-order valence-corrected chi connectivity index (χ2v) is 5.52. The normalized spacial score (nSPS) is 13.2. The number of methoxy groups -OCH3 is 1. The van der Waals surface area contributed by atoms with E-state index >= 15 is 0 Å². The van der Waals surface area contributed by atoms with Gasteiger partial charge < -0.3 is 23.9 Å². The molecule has 0 amide bonds. The number of hydrogen-bond donors (Lipinski definition) is 1. The van der Waals surface area contributed by atoms with Crippen molar-refractivity contribution in [3.05, 3.63) is 36.4 Å². The third-order valence-corrected chi connectivity index (χ3v) is 4.08. The molecule has 6 heteroatoms. The summed E-state index contributed by atoms with van der Waals surface area (Å²) >= 11 is 0. The third kappa shape index (κ3) is 2.45. The van der Waals surface area contributed by atoms with E-state index in [1.807, 2.05) is 41.0 Å². The molecule has 1 N–H and O–H groups in total. The molecular weight excluding hydrogens is 308 g/mol. The van der Waals surface area contributed by atoms with Gasteiger partial charge in [0.05, 0.1) is 24.8 Å². The first-order chi connectivity index (χ1) is 11.8. The number of ether oxygens (including phenoxy) is 3. The Bertz CT molecular complexity index is 871. The average Bonchev–Trinajstić information content (AvgIpc) is 2.98. The summed E-state index contributed by atoms with van der Waals surface area (Å²) < 4.78 is 18.5. The first-order valence-electron chi connectivity index (χ1n) is 7.85. The molecule has 4 rings (SSSR count). The molecule has 1 aromatic heterocycles. The van der Waals surface area contributed by atoms with Crippen LogP contribution in [0, 0.1) is 0 Å². The summed E-state index contributed by atoms with van der Waals surface area (Å²) in [7, 11) is 1.64. The molecule has 6 nitrogen and oxygen atoms in total. The zero-order chi connectivity index (χ0) is 16.5. The number of aliphatic hydroxyl groups excluding tert-OH is 1. The van der Waals surface area contributed by atoms with Gasteiger partial charge in [0, 0.05) is 24.2 Å². The quantitative estimate of drug-likeness (QED) is 0.798. The number of aromatic nitrogens is 2.